The quantitative estimate of drug-likeness (QED) is 0.424. The van der Waals surface area contributed by atoms with Crippen molar-refractivity contribution >= 4 is 16.5 Å². The van der Waals surface area contributed by atoms with Crippen molar-refractivity contribution in [2.45, 2.75) is 6.92 Å². The second kappa shape index (κ2) is 4.30. The highest BCUT2D eigenvalue weighted by molar-refractivity contribution is 6.01. The van der Waals surface area contributed by atoms with Crippen LogP contribution in [0, 0.1) is 0 Å². The summed E-state index contributed by atoms with van der Waals surface area (Å²) in [6.45, 7) is 2.06. The number of fused-ring (bicyclic) bond motifs is 1. The molecule has 2 heteroatoms. The van der Waals surface area contributed by atoms with Gasteiger partial charge in [0.15, 0.2) is 0 Å². The first-order valence-electron chi connectivity index (χ1n) is 5.83. The van der Waals surface area contributed by atoms with Crippen LogP contribution in [-0.4, -0.2) is 31.4 Å². The average Bonchev–Trinajstić information content (AvgIpc) is 2.26. The largest absolute Gasteiger partial charge is 0.205 e. The maximum absolute atomic E-state index is 4.64. The van der Waals surface area contributed by atoms with Crippen LogP contribution in [0.2, 0.25) is 0 Å². The van der Waals surface area contributed by atoms with Crippen molar-refractivity contribution < 1.29 is 4.59 Å². The van der Waals surface area contributed by atoms with Gasteiger partial charge in [-0.25, -0.2) is 4.59 Å². The number of rotatable bonds is 2. The molecule has 0 N–H and O–H groups in total. The molecule has 0 aromatic heterocycles. The fourth-order valence-electron chi connectivity index (χ4n) is 1.92. The lowest BCUT2D eigenvalue weighted by molar-refractivity contribution is -0.877. The van der Waals surface area contributed by atoms with Crippen molar-refractivity contribution in [3.05, 3.63) is 48.0 Å². The lowest BCUT2D eigenvalue weighted by atomic mass is 10.0. The predicted molar refractivity (Wildman–Crippen MR) is 74.2 cm³/mol. The Balaban J connectivity index is 2.47. The van der Waals surface area contributed by atoms with Crippen LogP contribution in [-0.2, 0) is 0 Å². The molecule has 0 radical (unpaired) electrons. The van der Waals surface area contributed by atoms with Gasteiger partial charge in [-0.3, -0.25) is 0 Å². The van der Waals surface area contributed by atoms with E-state index in [4.69, 9.17) is 0 Å². The maximum Gasteiger partial charge on any atom is 0.0999 e. The number of benzene rings is 2. The standard InChI is InChI=1S/C15H19N2/c1-12(16-17(2,3)4)14-10-9-13-7-5-6-8-15(13)11-14/h5-11H,1-4H3/q+1. The van der Waals surface area contributed by atoms with E-state index in [1.54, 1.807) is 0 Å². The van der Waals surface area contributed by atoms with Gasteiger partial charge in [0, 0.05) is 5.56 Å². The van der Waals surface area contributed by atoms with Gasteiger partial charge in [0.1, 0.15) is 0 Å². The van der Waals surface area contributed by atoms with E-state index in [9.17, 15) is 0 Å². The van der Waals surface area contributed by atoms with Gasteiger partial charge >= 0.3 is 0 Å². The zero-order valence-corrected chi connectivity index (χ0v) is 10.9. The SMILES string of the molecule is CC(=N[N+](C)(C)C)c1ccc2ccccc2c1. The second-order valence-corrected chi connectivity index (χ2v) is 5.19. The Morgan fingerprint density at radius 3 is 2.24 bits per heavy atom. The van der Waals surface area contributed by atoms with Crippen LogP contribution in [0.3, 0.4) is 0 Å². The van der Waals surface area contributed by atoms with Gasteiger partial charge in [0.25, 0.3) is 0 Å². The minimum atomic E-state index is 0.596. The molecule has 0 aliphatic carbocycles. The Morgan fingerprint density at radius 2 is 1.59 bits per heavy atom. The first-order chi connectivity index (χ1) is 7.96. The molecule has 0 aliphatic heterocycles. The van der Waals surface area contributed by atoms with Gasteiger partial charge in [0.05, 0.1) is 26.9 Å². The summed E-state index contributed by atoms with van der Waals surface area (Å²) in [5.74, 6) is 0. The minimum Gasteiger partial charge on any atom is -0.205 e. The summed E-state index contributed by atoms with van der Waals surface area (Å²) in [5, 5.41) is 7.18. The highest BCUT2D eigenvalue weighted by atomic mass is 15.6. The molecule has 17 heavy (non-hydrogen) atoms. The van der Waals surface area contributed by atoms with Crippen molar-refractivity contribution in [2.75, 3.05) is 21.1 Å². The number of hydrogen-bond acceptors (Lipinski definition) is 1. The van der Waals surface area contributed by atoms with E-state index in [1.807, 2.05) is 0 Å². The van der Waals surface area contributed by atoms with Gasteiger partial charge in [-0.2, -0.15) is 0 Å². The van der Waals surface area contributed by atoms with Crippen LogP contribution in [0.15, 0.2) is 47.6 Å². The van der Waals surface area contributed by atoms with E-state index in [-0.39, 0.29) is 0 Å². The summed E-state index contributed by atoms with van der Waals surface area (Å²) in [6, 6.07) is 14.9. The van der Waals surface area contributed by atoms with E-state index >= 15 is 0 Å². The van der Waals surface area contributed by atoms with Gasteiger partial charge in [0.2, 0.25) is 0 Å². The summed E-state index contributed by atoms with van der Waals surface area (Å²) >= 11 is 0. The van der Waals surface area contributed by atoms with Crippen molar-refractivity contribution in [3.8, 4) is 0 Å². The zero-order valence-electron chi connectivity index (χ0n) is 10.9. The van der Waals surface area contributed by atoms with Crippen molar-refractivity contribution in [1.82, 2.24) is 0 Å². The molecule has 0 spiro atoms. The van der Waals surface area contributed by atoms with Crippen molar-refractivity contribution in [2.24, 2.45) is 5.10 Å². The molecular weight excluding hydrogens is 208 g/mol. The Labute approximate surface area is 103 Å². The average molecular weight is 227 g/mol. The highest BCUT2D eigenvalue weighted by Crippen LogP contribution is 2.16. The smallest absolute Gasteiger partial charge is 0.0999 e. The third-order valence-corrected chi connectivity index (χ3v) is 2.62. The van der Waals surface area contributed by atoms with Crippen LogP contribution in [0.4, 0.5) is 0 Å². The van der Waals surface area contributed by atoms with Gasteiger partial charge in [-0.1, -0.05) is 41.5 Å². The fourth-order valence-corrected chi connectivity index (χ4v) is 1.92. The summed E-state index contributed by atoms with van der Waals surface area (Å²) < 4.78 is 0.596. The molecule has 0 fully saturated rings. The Hall–Kier alpha value is -1.67. The number of hydrogen-bond donors (Lipinski definition) is 0. The lowest BCUT2D eigenvalue weighted by Gasteiger charge is -2.16. The van der Waals surface area contributed by atoms with E-state index in [1.165, 1.54) is 16.3 Å². The molecule has 0 atom stereocenters. The van der Waals surface area contributed by atoms with E-state index in [0.717, 1.165) is 5.71 Å². The molecular formula is C15H19N2+. The molecule has 88 valence electrons. The molecule has 0 saturated carbocycles. The monoisotopic (exact) mass is 227 g/mol. The first kappa shape index (κ1) is 11.8. The molecule has 0 bridgehead atoms. The van der Waals surface area contributed by atoms with Crippen LogP contribution >= 0.6 is 0 Å². The van der Waals surface area contributed by atoms with E-state index in [2.05, 4.69) is 75.6 Å². The Kier molecular flexibility index (Phi) is 2.99. The highest BCUT2D eigenvalue weighted by Gasteiger charge is 2.07. The Morgan fingerprint density at radius 1 is 0.941 bits per heavy atom. The molecule has 0 amide bonds. The lowest BCUT2D eigenvalue weighted by Crippen LogP contribution is -2.28. The zero-order chi connectivity index (χ0) is 12.5. The molecule has 2 aromatic carbocycles. The fraction of sp³-hybridized carbons (Fsp3) is 0.267. The third-order valence-electron chi connectivity index (χ3n) is 2.62. The molecule has 2 nitrogen and oxygen atoms in total. The Bertz CT molecular complexity index is 562. The first-order valence-corrected chi connectivity index (χ1v) is 5.83. The van der Waals surface area contributed by atoms with Crippen molar-refractivity contribution in [1.29, 1.82) is 0 Å². The van der Waals surface area contributed by atoms with Gasteiger partial charge in [-0.05, 0) is 23.8 Å². The number of quaternary nitrogens is 1. The molecule has 0 heterocycles. The molecule has 2 aromatic rings. The van der Waals surface area contributed by atoms with Crippen molar-refractivity contribution in [3.63, 3.8) is 0 Å². The van der Waals surface area contributed by atoms with Crippen LogP contribution in [0.5, 0.6) is 0 Å². The maximum atomic E-state index is 4.64. The normalized spacial score (nSPS) is 13.1. The number of nitrogens with zero attached hydrogens (tertiary/aromatic N) is 2. The minimum absolute atomic E-state index is 0.596. The second-order valence-electron chi connectivity index (χ2n) is 5.19. The van der Waals surface area contributed by atoms with Crippen LogP contribution in [0.1, 0.15) is 12.5 Å². The van der Waals surface area contributed by atoms with Gasteiger partial charge < -0.3 is 0 Å². The summed E-state index contributed by atoms with van der Waals surface area (Å²) in [7, 11) is 6.18. The van der Waals surface area contributed by atoms with E-state index < -0.39 is 0 Å². The topological polar surface area (TPSA) is 12.4 Å². The van der Waals surface area contributed by atoms with Crippen LogP contribution < -0.4 is 0 Å². The molecule has 0 aliphatic rings. The molecule has 0 saturated heterocycles. The van der Waals surface area contributed by atoms with E-state index in [0.29, 0.717) is 4.59 Å². The predicted octanol–water partition coefficient (Wildman–Crippen LogP) is 3.27. The summed E-state index contributed by atoms with van der Waals surface area (Å²) in [5.41, 5.74) is 2.26. The van der Waals surface area contributed by atoms with Crippen LogP contribution in [0.25, 0.3) is 10.8 Å². The summed E-state index contributed by atoms with van der Waals surface area (Å²) in [4.78, 5) is 0. The molecule has 0 unspecified atom stereocenters. The molecule has 2 rings (SSSR count). The van der Waals surface area contributed by atoms with Gasteiger partial charge in [-0.15, -0.1) is 0 Å². The summed E-state index contributed by atoms with van der Waals surface area (Å²) in [6.07, 6.45) is 0. The third kappa shape index (κ3) is 2.92.